The van der Waals surface area contributed by atoms with Gasteiger partial charge in [-0.05, 0) is 24.3 Å². The van der Waals surface area contributed by atoms with Crippen LogP contribution >= 0.6 is 0 Å². The van der Waals surface area contributed by atoms with Crippen LogP contribution in [-0.2, 0) is 4.84 Å². The number of hydrogen-bond acceptors (Lipinski definition) is 3. The number of benzene rings is 1. The maximum Gasteiger partial charge on any atom is 0.335 e. The summed E-state index contributed by atoms with van der Waals surface area (Å²) in [6, 6.07) is 4.78. The zero-order chi connectivity index (χ0) is 9.26. The minimum absolute atomic E-state index is 0.270. The maximum absolute atomic E-state index is 10.6. The molecular weight excluding hydrogens is 170 g/mol. The molecule has 2 rings (SSSR count). The summed E-state index contributed by atoms with van der Waals surface area (Å²) < 4.78 is 0. The Hall–Kier alpha value is -1.97. The van der Waals surface area contributed by atoms with E-state index >= 15 is 0 Å². The average Bonchev–Trinajstić information content (AvgIpc) is 2.17. The summed E-state index contributed by atoms with van der Waals surface area (Å²) >= 11 is 0. The Morgan fingerprint density at radius 3 is 3.08 bits per heavy atom. The molecule has 0 aromatic heterocycles. The Morgan fingerprint density at radius 1 is 1.46 bits per heavy atom. The highest BCUT2D eigenvalue weighted by atomic mass is 16.6. The molecule has 0 amide bonds. The maximum atomic E-state index is 10.6. The van der Waals surface area contributed by atoms with E-state index in [-0.39, 0.29) is 5.56 Å². The standard InChI is InChI=1S/C9H7NO3/c11-9(12)7-1-2-8-6(5-7)3-4-13-10-8/h1-5,10H,(H,11,12). The molecule has 1 heterocycles. The molecule has 0 atom stereocenters. The summed E-state index contributed by atoms with van der Waals surface area (Å²) in [7, 11) is 0. The monoisotopic (exact) mass is 177 g/mol. The summed E-state index contributed by atoms with van der Waals surface area (Å²) in [5, 5.41) is 8.71. The third kappa shape index (κ3) is 1.33. The largest absolute Gasteiger partial charge is 0.478 e. The van der Waals surface area contributed by atoms with Gasteiger partial charge in [-0.3, -0.25) is 0 Å². The van der Waals surface area contributed by atoms with Gasteiger partial charge in [0.2, 0.25) is 0 Å². The van der Waals surface area contributed by atoms with Gasteiger partial charge < -0.3 is 9.94 Å². The van der Waals surface area contributed by atoms with E-state index < -0.39 is 5.97 Å². The normalized spacial score (nSPS) is 12.6. The van der Waals surface area contributed by atoms with E-state index in [1.54, 1.807) is 18.2 Å². The van der Waals surface area contributed by atoms with Crippen molar-refractivity contribution in [2.75, 3.05) is 5.48 Å². The van der Waals surface area contributed by atoms with Crippen molar-refractivity contribution < 1.29 is 14.7 Å². The van der Waals surface area contributed by atoms with Crippen LogP contribution in [0.5, 0.6) is 0 Å². The predicted octanol–water partition coefficient (Wildman–Crippen LogP) is 1.71. The third-order valence-electron chi connectivity index (χ3n) is 1.78. The Morgan fingerprint density at radius 2 is 2.31 bits per heavy atom. The first kappa shape index (κ1) is 7.67. The van der Waals surface area contributed by atoms with Crippen molar-refractivity contribution in [3.05, 3.63) is 35.6 Å². The highest BCUT2D eigenvalue weighted by molar-refractivity contribution is 5.89. The van der Waals surface area contributed by atoms with Crippen molar-refractivity contribution in [3.63, 3.8) is 0 Å². The van der Waals surface area contributed by atoms with Gasteiger partial charge in [0.25, 0.3) is 0 Å². The van der Waals surface area contributed by atoms with Gasteiger partial charge in [-0.15, -0.1) is 0 Å². The van der Waals surface area contributed by atoms with Crippen molar-refractivity contribution in [1.29, 1.82) is 0 Å². The number of carbonyl (C=O) groups is 1. The highest BCUT2D eigenvalue weighted by Crippen LogP contribution is 2.22. The summed E-state index contributed by atoms with van der Waals surface area (Å²) in [6.07, 6.45) is 3.17. The minimum atomic E-state index is -0.928. The molecule has 1 aliphatic rings. The Kier molecular flexibility index (Phi) is 1.66. The third-order valence-corrected chi connectivity index (χ3v) is 1.78. The molecule has 13 heavy (non-hydrogen) atoms. The van der Waals surface area contributed by atoms with Crippen molar-refractivity contribution in [1.82, 2.24) is 0 Å². The van der Waals surface area contributed by atoms with Crippen LogP contribution in [0.1, 0.15) is 15.9 Å². The van der Waals surface area contributed by atoms with Gasteiger partial charge in [0.15, 0.2) is 0 Å². The summed E-state index contributed by atoms with van der Waals surface area (Å²) in [5.41, 5.74) is 4.50. The van der Waals surface area contributed by atoms with Gasteiger partial charge in [-0.25, -0.2) is 10.3 Å². The van der Waals surface area contributed by atoms with Crippen LogP contribution < -0.4 is 5.48 Å². The first-order valence-electron chi connectivity index (χ1n) is 3.73. The molecule has 1 aliphatic heterocycles. The second-order valence-electron chi connectivity index (χ2n) is 2.63. The quantitative estimate of drug-likeness (QED) is 0.685. The topological polar surface area (TPSA) is 58.6 Å². The second kappa shape index (κ2) is 2.82. The molecule has 66 valence electrons. The summed E-state index contributed by atoms with van der Waals surface area (Å²) in [5.74, 6) is -0.928. The number of carboxylic acid groups (broad SMARTS) is 1. The lowest BCUT2D eigenvalue weighted by molar-refractivity contribution is 0.0697. The van der Waals surface area contributed by atoms with Gasteiger partial charge >= 0.3 is 5.97 Å². The van der Waals surface area contributed by atoms with Crippen molar-refractivity contribution in [2.45, 2.75) is 0 Å². The Balaban J connectivity index is 2.48. The zero-order valence-electron chi connectivity index (χ0n) is 6.65. The van der Waals surface area contributed by atoms with Gasteiger partial charge in [0.1, 0.15) is 6.26 Å². The number of aromatic carboxylic acids is 1. The molecule has 0 radical (unpaired) electrons. The number of nitrogens with one attached hydrogen (secondary N) is 1. The van der Waals surface area contributed by atoms with E-state index in [0.29, 0.717) is 0 Å². The molecule has 1 aromatic carbocycles. The average molecular weight is 177 g/mol. The SMILES string of the molecule is O=C(O)c1ccc2c(c1)C=CON2. The van der Waals surface area contributed by atoms with Gasteiger partial charge in [0, 0.05) is 5.56 Å². The second-order valence-corrected chi connectivity index (χ2v) is 2.63. The smallest absolute Gasteiger partial charge is 0.335 e. The van der Waals surface area contributed by atoms with Gasteiger partial charge in [-0.2, -0.15) is 0 Å². The van der Waals surface area contributed by atoms with Crippen molar-refractivity contribution in [3.8, 4) is 0 Å². The summed E-state index contributed by atoms with van der Waals surface area (Å²) in [4.78, 5) is 15.4. The predicted molar refractivity (Wildman–Crippen MR) is 47.1 cm³/mol. The molecule has 4 heteroatoms. The number of rotatable bonds is 1. The Labute approximate surface area is 74.4 Å². The van der Waals surface area contributed by atoms with E-state index in [9.17, 15) is 4.79 Å². The van der Waals surface area contributed by atoms with E-state index in [1.165, 1.54) is 12.3 Å². The molecule has 0 aliphatic carbocycles. The lowest BCUT2D eigenvalue weighted by Gasteiger charge is -2.12. The first-order chi connectivity index (χ1) is 6.27. The van der Waals surface area contributed by atoms with E-state index in [4.69, 9.17) is 9.94 Å². The zero-order valence-corrected chi connectivity index (χ0v) is 6.65. The molecule has 2 N–H and O–H groups in total. The highest BCUT2D eigenvalue weighted by Gasteiger charge is 2.08. The molecule has 0 spiro atoms. The number of fused-ring (bicyclic) bond motifs is 1. The van der Waals surface area contributed by atoms with E-state index in [1.807, 2.05) is 0 Å². The fourth-order valence-corrected chi connectivity index (χ4v) is 1.13. The van der Waals surface area contributed by atoms with Crippen LogP contribution in [-0.4, -0.2) is 11.1 Å². The lowest BCUT2D eigenvalue weighted by atomic mass is 10.1. The number of hydrogen-bond donors (Lipinski definition) is 2. The van der Waals surface area contributed by atoms with Crippen LogP contribution in [0.25, 0.3) is 6.08 Å². The number of anilines is 1. The van der Waals surface area contributed by atoms with Gasteiger partial charge in [-0.1, -0.05) is 0 Å². The minimum Gasteiger partial charge on any atom is -0.478 e. The fourth-order valence-electron chi connectivity index (χ4n) is 1.13. The molecule has 0 bridgehead atoms. The molecule has 0 fully saturated rings. The fraction of sp³-hybridized carbons (Fsp3) is 0. The molecular formula is C9H7NO3. The molecule has 4 nitrogen and oxygen atoms in total. The van der Waals surface area contributed by atoms with Crippen LogP contribution in [0.15, 0.2) is 24.5 Å². The molecule has 0 saturated heterocycles. The lowest BCUT2D eigenvalue weighted by Crippen LogP contribution is -2.04. The van der Waals surface area contributed by atoms with Crippen LogP contribution in [0.3, 0.4) is 0 Å². The Bertz CT molecular complexity index is 384. The van der Waals surface area contributed by atoms with Gasteiger partial charge in [0.05, 0.1) is 11.3 Å². The van der Waals surface area contributed by atoms with Crippen LogP contribution in [0.4, 0.5) is 5.69 Å². The van der Waals surface area contributed by atoms with Crippen LogP contribution in [0.2, 0.25) is 0 Å². The van der Waals surface area contributed by atoms with Crippen molar-refractivity contribution >= 4 is 17.7 Å². The first-order valence-corrected chi connectivity index (χ1v) is 3.73. The molecule has 0 saturated carbocycles. The van der Waals surface area contributed by atoms with Crippen LogP contribution in [0, 0.1) is 0 Å². The molecule has 0 unspecified atom stereocenters. The van der Waals surface area contributed by atoms with E-state index in [2.05, 4.69) is 5.48 Å². The molecule has 1 aromatic rings. The van der Waals surface area contributed by atoms with E-state index in [0.717, 1.165) is 11.3 Å². The summed E-state index contributed by atoms with van der Waals surface area (Å²) in [6.45, 7) is 0. The van der Waals surface area contributed by atoms with Crippen molar-refractivity contribution in [2.24, 2.45) is 0 Å². The number of carboxylic acids is 1.